The molecule has 2 unspecified atom stereocenters. The monoisotopic (exact) mass is 298 g/mol. The summed E-state index contributed by atoms with van der Waals surface area (Å²) < 4.78 is 4.70. The third-order valence-electron chi connectivity index (χ3n) is 4.23. The number of hydrogen-bond donors (Lipinski definition) is 1. The highest BCUT2D eigenvalue weighted by Crippen LogP contribution is 2.24. The van der Waals surface area contributed by atoms with Crippen molar-refractivity contribution in [1.29, 1.82) is 0 Å². The molecule has 0 aromatic carbocycles. The molecule has 122 valence electrons. The van der Waals surface area contributed by atoms with Crippen molar-refractivity contribution >= 4 is 11.9 Å². The number of esters is 1. The fraction of sp³-hybridized carbons (Fsp3) is 0.875. The van der Waals surface area contributed by atoms with Crippen molar-refractivity contribution in [2.75, 3.05) is 26.7 Å². The molecule has 0 aromatic heterocycles. The molecule has 0 aliphatic carbocycles. The molecule has 1 saturated heterocycles. The number of carbonyl (C=O) groups is 2. The number of nitrogens with one attached hydrogen (secondary N) is 1. The molecule has 0 spiro atoms. The van der Waals surface area contributed by atoms with E-state index in [0.717, 1.165) is 19.5 Å². The van der Waals surface area contributed by atoms with Crippen LogP contribution < -0.4 is 5.32 Å². The van der Waals surface area contributed by atoms with E-state index in [0.29, 0.717) is 24.8 Å². The lowest BCUT2D eigenvalue weighted by molar-refractivity contribution is -0.141. The summed E-state index contributed by atoms with van der Waals surface area (Å²) in [7, 11) is 1.42. The Kier molecular flexibility index (Phi) is 7.15. The minimum Gasteiger partial charge on any atom is -0.469 e. The topological polar surface area (TPSA) is 58.6 Å². The fourth-order valence-electron chi connectivity index (χ4n) is 2.72. The summed E-state index contributed by atoms with van der Waals surface area (Å²) in [6.07, 6.45) is 1.43. The third-order valence-corrected chi connectivity index (χ3v) is 4.23. The zero-order valence-corrected chi connectivity index (χ0v) is 14.0. The van der Waals surface area contributed by atoms with Gasteiger partial charge in [-0.2, -0.15) is 0 Å². The zero-order valence-electron chi connectivity index (χ0n) is 14.0. The standard InChI is InChI=1S/C16H30N2O3/c1-11(2)13-8-14(17-16(20)12(3)4)10-18(9-13)7-6-15(19)21-5/h11-14H,6-10H2,1-5H3,(H,17,20). The SMILES string of the molecule is COC(=O)CCN1CC(NC(=O)C(C)C)CC(C(C)C)C1. The molecule has 2 atom stereocenters. The number of methoxy groups -OCH3 is 1. The molecule has 1 N–H and O–H groups in total. The van der Waals surface area contributed by atoms with Crippen molar-refractivity contribution in [3.63, 3.8) is 0 Å². The van der Waals surface area contributed by atoms with Crippen LogP contribution in [0.3, 0.4) is 0 Å². The van der Waals surface area contributed by atoms with Gasteiger partial charge in [-0.3, -0.25) is 9.59 Å². The summed E-state index contributed by atoms with van der Waals surface area (Å²) in [6, 6.07) is 0.179. The summed E-state index contributed by atoms with van der Waals surface area (Å²) in [6.45, 7) is 10.8. The number of carbonyl (C=O) groups excluding carboxylic acids is 2. The molecule has 0 radical (unpaired) electrons. The van der Waals surface area contributed by atoms with E-state index < -0.39 is 0 Å². The van der Waals surface area contributed by atoms with E-state index in [1.807, 2.05) is 13.8 Å². The zero-order chi connectivity index (χ0) is 16.0. The van der Waals surface area contributed by atoms with Crippen molar-refractivity contribution in [2.24, 2.45) is 17.8 Å². The van der Waals surface area contributed by atoms with Crippen molar-refractivity contribution in [3.8, 4) is 0 Å². The lowest BCUT2D eigenvalue weighted by atomic mass is 9.85. The maximum Gasteiger partial charge on any atom is 0.306 e. The number of ether oxygens (including phenoxy) is 1. The van der Waals surface area contributed by atoms with Gasteiger partial charge in [0.05, 0.1) is 13.5 Å². The minimum atomic E-state index is -0.176. The van der Waals surface area contributed by atoms with Crippen LogP contribution in [-0.2, 0) is 14.3 Å². The number of rotatable bonds is 6. The predicted molar refractivity (Wildman–Crippen MR) is 82.8 cm³/mol. The molecule has 0 saturated carbocycles. The van der Waals surface area contributed by atoms with Crippen molar-refractivity contribution in [2.45, 2.75) is 46.6 Å². The van der Waals surface area contributed by atoms with E-state index in [9.17, 15) is 9.59 Å². The molecule has 21 heavy (non-hydrogen) atoms. The van der Waals surface area contributed by atoms with Gasteiger partial charge in [0, 0.05) is 31.6 Å². The van der Waals surface area contributed by atoms with Crippen LogP contribution in [-0.4, -0.2) is 49.6 Å². The summed E-state index contributed by atoms with van der Waals surface area (Å²) in [5.41, 5.74) is 0. The maximum absolute atomic E-state index is 11.9. The average molecular weight is 298 g/mol. The van der Waals surface area contributed by atoms with Gasteiger partial charge >= 0.3 is 5.97 Å². The summed E-state index contributed by atoms with van der Waals surface area (Å²) in [5, 5.41) is 3.14. The average Bonchev–Trinajstić information content (AvgIpc) is 2.44. The van der Waals surface area contributed by atoms with Gasteiger partial charge in [0.15, 0.2) is 0 Å². The lowest BCUT2D eigenvalue weighted by Gasteiger charge is -2.40. The van der Waals surface area contributed by atoms with E-state index in [-0.39, 0.29) is 23.8 Å². The highest BCUT2D eigenvalue weighted by molar-refractivity contribution is 5.78. The predicted octanol–water partition coefficient (Wildman–Crippen LogP) is 1.67. The molecule has 1 amide bonds. The van der Waals surface area contributed by atoms with Gasteiger partial charge < -0.3 is 15.0 Å². The molecule has 5 heteroatoms. The minimum absolute atomic E-state index is 0.00736. The molecule has 1 aliphatic heterocycles. The highest BCUT2D eigenvalue weighted by Gasteiger charge is 2.30. The Bertz CT molecular complexity index is 355. The second kappa shape index (κ2) is 8.37. The fourth-order valence-corrected chi connectivity index (χ4v) is 2.72. The van der Waals surface area contributed by atoms with Crippen LogP contribution in [0.4, 0.5) is 0 Å². The quantitative estimate of drug-likeness (QED) is 0.758. The van der Waals surface area contributed by atoms with Gasteiger partial charge in [0.25, 0.3) is 0 Å². The molecule has 1 aliphatic rings. The number of amides is 1. The molecule has 1 rings (SSSR count). The van der Waals surface area contributed by atoms with Gasteiger partial charge in [-0.15, -0.1) is 0 Å². The van der Waals surface area contributed by atoms with Gasteiger partial charge in [-0.1, -0.05) is 27.7 Å². The molecular formula is C16H30N2O3. The molecule has 5 nitrogen and oxygen atoms in total. The van der Waals surface area contributed by atoms with Gasteiger partial charge in [0.2, 0.25) is 5.91 Å². The molecule has 0 bridgehead atoms. The van der Waals surface area contributed by atoms with Crippen LogP contribution in [0.2, 0.25) is 0 Å². The van der Waals surface area contributed by atoms with E-state index in [1.165, 1.54) is 7.11 Å². The lowest BCUT2D eigenvalue weighted by Crippen LogP contribution is -2.52. The van der Waals surface area contributed by atoms with E-state index in [4.69, 9.17) is 4.74 Å². The van der Waals surface area contributed by atoms with Crippen molar-refractivity contribution < 1.29 is 14.3 Å². The van der Waals surface area contributed by atoms with Crippen LogP contribution in [0.1, 0.15) is 40.5 Å². The van der Waals surface area contributed by atoms with Crippen LogP contribution in [0.25, 0.3) is 0 Å². The largest absolute Gasteiger partial charge is 0.469 e. The Morgan fingerprint density at radius 3 is 2.43 bits per heavy atom. The number of piperidine rings is 1. The first-order valence-corrected chi connectivity index (χ1v) is 7.93. The van der Waals surface area contributed by atoms with Crippen LogP contribution in [0, 0.1) is 17.8 Å². The Balaban J connectivity index is 2.59. The second-order valence-electron chi connectivity index (χ2n) is 6.69. The number of likely N-dealkylation sites (tertiary alicyclic amines) is 1. The number of hydrogen-bond acceptors (Lipinski definition) is 4. The van der Waals surface area contributed by atoms with E-state index in [2.05, 4.69) is 24.1 Å². The Morgan fingerprint density at radius 2 is 1.90 bits per heavy atom. The van der Waals surface area contributed by atoms with Gasteiger partial charge in [0.1, 0.15) is 0 Å². The smallest absolute Gasteiger partial charge is 0.306 e. The van der Waals surface area contributed by atoms with Crippen LogP contribution in [0.15, 0.2) is 0 Å². The Morgan fingerprint density at radius 1 is 1.24 bits per heavy atom. The van der Waals surface area contributed by atoms with Gasteiger partial charge in [-0.05, 0) is 18.3 Å². The van der Waals surface area contributed by atoms with Crippen LogP contribution >= 0.6 is 0 Å². The molecule has 1 fully saturated rings. The Hall–Kier alpha value is -1.10. The first-order chi connectivity index (χ1) is 9.83. The molecule has 0 aromatic rings. The summed E-state index contributed by atoms with van der Waals surface area (Å²) >= 11 is 0. The van der Waals surface area contributed by atoms with Crippen molar-refractivity contribution in [1.82, 2.24) is 10.2 Å². The first kappa shape index (κ1) is 18.0. The van der Waals surface area contributed by atoms with E-state index >= 15 is 0 Å². The maximum atomic E-state index is 11.9. The third kappa shape index (κ3) is 6.04. The summed E-state index contributed by atoms with van der Waals surface area (Å²) in [5.74, 6) is 1.06. The molecule has 1 heterocycles. The Labute approximate surface area is 128 Å². The first-order valence-electron chi connectivity index (χ1n) is 7.93. The normalized spacial score (nSPS) is 23.4. The number of nitrogens with zero attached hydrogens (tertiary/aromatic N) is 1. The second-order valence-corrected chi connectivity index (χ2v) is 6.69. The van der Waals surface area contributed by atoms with E-state index in [1.54, 1.807) is 0 Å². The summed E-state index contributed by atoms with van der Waals surface area (Å²) in [4.78, 5) is 25.5. The van der Waals surface area contributed by atoms with Crippen LogP contribution in [0.5, 0.6) is 0 Å². The molecular weight excluding hydrogens is 268 g/mol. The van der Waals surface area contributed by atoms with Crippen molar-refractivity contribution in [3.05, 3.63) is 0 Å². The van der Waals surface area contributed by atoms with Gasteiger partial charge in [-0.25, -0.2) is 0 Å². The highest BCUT2D eigenvalue weighted by atomic mass is 16.5.